The molecule has 42 heavy (non-hydrogen) atoms. The molecule has 1 aromatic rings. The summed E-state index contributed by atoms with van der Waals surface area (Å²) in [6, 6.07) is 5.50. The third-order valence-corrected chi connectivity index (χ3v) is 5.48. The van der Waals surface area contributed by atoms with Gasteiger partial charge in [-0.3, -0.25) is 38.4 Å². The fourth-order valence-corrected chi connectivity index (χ4v) is 3.15. The summed E-state index contributed by atoms with van der Waals surface area (Å²) in [6.07, 6.45) is -0.374. The van der Waals surface area contributed by atoms with Crippen LogP contribution in [0.4, 0.5) is 0 Å². The first-order chi connectivity index (χ1) is 19.8. The fourth-order valence-electron chi connectivity index (χ4n) is 3.15. The Labute approximate surface area is 240 Å². The van der Waals surface area contributed by atoms with E-state index in [0.29, 0.717) is 5.56 Å². The van der Waals surface area contributed by atoms with Crippen LogP contribution in [0.1, 0.15) is 25.3 Å². The van der Waals surface area contributed by atoms with Gasteiger partial charge in [0, 0.05) is 12.8 Å². The number of nitrogens with one attached hydrogen (secondary N) is 6. The van der Waals surface area contributed by atoms with E-state index in [9.17, 15) is 38.4 Å². The molecule has 0 spiro atoms. The molecule has 0 heterocycles. The van der Waals surface area contributed by atoms with E-state index in [1.807, 2.05) is 0 Å². The average molecular weight is 593 g/mol. The maximum absolute atomic E-state index is 12.7. The topological polar surface area (TPSA) is 281 Å². The summed E-state index contributed by atoms with van der Waals surface area (Å²) in [5, 5.41) is 22.5. The maximum Gasteiger partial charge on any atom is 0.303 e. The van der Waals surface area contributed by atoms with Crippen molar-refractivity contribution < 1.29 is 43.5 Å². The summed E-state index contributed by atoms with van der Waals surface area (Å²) in [7, 11) is 0. The van der Waals surface area contributed by atoms with Gasteiger partial charge in [-0.25, -0.2) is 0 Å². The second-order valence-corrected chi connectivity index (χ2v) is 9.03. The van der Waals surface area contributed by atoms with E-state index in [-0.39, 0.29) is 19.3 Å². The molecule has 0 aliphatic carbocycles. The lowest BCUT2D eigenvalue weighted by Crippen LogP contribution is -2.53. The molecule has 11 N–H and O–H groups in total. The molecule has 17 heteroatoms. The highest BCUT2D eigenvalue weighted by molar-refractivity contribution is 5.94. The molecule has 3 atom stereocenters. The summed E-state index contributed by atoms with van der Waals surface area (Å²) in [6.45, 7) is -0.688. The number of benzene rings is 1. The SMILES string of the molecule is CC(NC(=O)CNC(=O)[C@H](Cc1ccccc1)NC(=O)CNC(=O)CNC(=O)CNC(=O)C(N)CCC(=O)O)C(N)=O. The van der Waals surface area contributed by atoms with Crippen molar-refractivity contribution >= 4 is 47.3 Å². The quantitative estimate of drug-likeness (QED) is 0.0785. The zero-order valence-corrected chi connectivity index (χ0v) is 22.9. The van der Waals surface area contributed by atoms with E-state index in [1.165, 1.54) is 6.92 Å². The summed E-state index contributed by atoms with van der Waals surface area (Å²) >= 11 is 0. The van der Waals surface area contributed by atoms with Crippen LogP contribution in [0.15, 0.2) is 30.3 Å². The second-order valence-electron chi connectivity index (χ2n) is 9.03. The fraction of sp³-hybridized carbons (Fsp3) is 0.440. The Kier molecular flexibility index (Phi) is 15.3. The van der Waals surface area contributed by atoms with Gasteiger partial charge in [0.15, 0.2) is 0 Å². The van der Waals surface area contributed by atoms with Crippen molar-refractivity contribution in [1.29, 1.82) is 0 Å². The molecule has 0 saturated carbocycles. The van der Waals surface area contributed by atoms with Crippen molar-refractivity contribution in [2.24, 2.45) is 11.5 Å². The van der Waals surface area contributed by atoms with Gasteiger partial charge in [-0.1, -0.05) is 30.3 Å². The van der Waals surface area contributed by atoms with Crippen molar-refractivity contribution in [2.75, 3.05) is 26.2 Å². The zero-order chi connectivity index (χ0) is 31.7. The monoisotopic (exact) mass is 592 g/mol. The van der Waals surface area contributed by atoms with E-state index in [4.69, 9.17) is 16.6 Å². The summed E-state index contributed by atoms with van der Waals surface area (Å²) in [4.78, 5) is 94.5. The molecule has 2 unspecified atom stereocenters. The summed E-state index contributed by atoms with van der Waals surface area (Å²) in [5.41, 5.74) is 11.3. The van der Waals surface area contributed by atoms with Gasteiger partial charge in [0.2, 0.25) is 41.4 Å². The molecule has 17 nitrogen and oxygen atoms in total. The van der Waals surface area contributed by atoms with Crippen LogP contribution in [0.2, 0.25) is 0 Å². The van der Waals surface area contributed by atoms with Gasteiger partial charge in [-0.2, -0.15) is 0 Å². The number of amides is 7. The first-order valence-corrected chi connectivity index (χ1v) is 12.8. The molecule has 0 aliphatic heterocycles. The van der Waals surface area contributed by atoms with Crippen LogP contribution in [-0.2, 0) is 44.8 Å². The van der Waals surface area contributed by atoms with Gasteiger partial charge in [-0.15, -0.1) is 0 Å². The standard InChI is InChI=1S/C25H36N8O9/c1-14(23(27)40)32-20(36)13-31-25(42)17(9-15-5-3-2-4-6-15)33-21(37)12-29-18(34)10-28-19(35)11-30-24(41)16(26)7-8-22(38)39/h2-6,14,16-17H,7-13,26H2,1H3,(H2,27,40)(H,28,35)(H,29,34)(H,30,41)(H,31,42)(H,32,36)(H,33,37)(H,38,39)/t14?,16?,17-/m0/s1. The van der Waals surface area contributed by atoms with Crippen LogP contribution < -0.4 is 43.4 Å². The molecule has 0 saturated heterocycles. The van der Waals surface area contributed by atoms with Gasteiger partial charge < -0.3 is 48.5 Å². The van der Waals surface area contributed by atoms with Crippen LogP contribution in [0.5, 0.6) is 0 Å². The normalized spacial score (nSPS) is 12.4. The number of nitrogens with two attached hydrogens (primary N) is 2. The Balaban J connectivity index is 2.53. The number of carbonyl (C=O) groups is 8. The van der Waals surface area contributed by atoms with Gasteiger partial charge in [-0.05, 0) is 18.9 Å². The highest BCUT2D eigenvalue weighted by Gasteiger charge is 2.23. The van der Waals surface area contributed by atoms with E-state index in [1.54, 1.807) is 30.3 Å². The van der Waals surface area contributed by atoms with Gasteiger partial charge in [0.05, 0.1) is 32.2 Å². The van der Waals surface area contributed by atoms with Crippen molar-refractivity contribution in [1.82, 2.24) is 31.9 Å². The molecule has 0 aliphatic rings. The van der Waals surface area contributed by atoms with Gasteiger partial charge in [0.1, 0.15) is 12.1 Å². The second kappa shape index (κ2) is 18.3. The minimum absolute atomic E-state index is 0.0629. The Morgan fingerprint density at radius 1 is 0.738 bits per heavy atom. The number of primary amides is 1. The van der Waals surface area contributed by atoms with Crippen molar-refractivity contribution in [3.63, 3.8) is 0 Å². The zero-order valence-electron chi connectivity index (χ0n) is 22.9. The predicted octanol–water partition coefficient (Wildman–Crippen LogP) is -4.64. The number of hydrogen-bond acceptors (Lipinski definition) is 9. The predicted molar refractivity (Wildman–Crippen MR) is 146 cm³/mol. The van der Waals surface area contributed by atoms with Crippen LogP contribution in [0.3, 0.4) is 0 Å². The van der Waals surface area contributed by atoms with Crippen LogP contribution in [0.25, 0.3) is 0 Å². The third-order valence-electron chi connectivity index (χ3n) is 5.48. The molecule has 1 aromatic carbocycles. The Morgan fingerprint density at radius 3 is 1.81 bits per heavy atom. The third kappa shape index (κ3) is 14.9. The van der Waals surface area contributed by atoms with Crippen LogP contribution >= 0.6 is 0 Å². The molecule has 0 fully saturated rings. The smallest absolute Gasteiger partial charge is 0.303 e. The minimum atomic E-state index is -1.12. The van der Waals surface area contributed by atoms with E-state index >= 15 is 0 Å². The Bertz CT molecular complexity index is 1150. The number of carbonyl (C=O) groups excluding carboxylic acids is 7. The number of hydrogen-bond donors (Lipinski definition) is 9. The molecule has 1 rings (SSSR count). The lowest BCUT2D eigenvalue weighted by atomic mass is 10.1. The molecule has 0 radical (unpaired) electrons. The maximum atomic E-state index is 12.7. The molecular weight excluding hydrogens is 556 g/mol. The lowest BCUT2D eigenvalue weighted by molar-refractivity contribution is -0.137. The first-order valence-electron chi connectivity index (χ1n) is 12.8. The molecular formula is C25H36N8O9. The Hall–Kier alpha value is -5.06. The van der Waals surface area contributed by atoms with Crippen LogP contribution in [0, 0.1) is 0 Å². The number of carboxylic acids is 1. The van der Waals surface area contributed by atoms with Gasteiger partial charge in [0.25, 0.3) is 0 Å². The number of rotatable bonds is 18. The van der Waals surface area contributed by atoms with Crippen molar-refractivity contribution in [3.8, 4) is 0 Å². The van der Waals surface area contributed by atoms with Crippen molar-refractivity contribution in [3.05, 3.63) is 35.9 Å². The number of aliphatic carboxylic acids is 1. The molecule has 0 bridgehead atoms. The van der Waals surface area contributed by atoms with Crippen molar-refractivity contribution in [2.45, 2.75) is 44.3 Å². The number of carboxylic acid groups (broad SMARTS) is 1. The van der Waals surface area contributed by atoms with Crippen LogP contribution in [-0.4, -0.2) is 96.7 Å². The lowest BCUT2D eigenvalue weighted by Gasteiger charge is -2.19. The van der Waals surface area contributed by atoms with E-state index < -0.39 is 91.6 Å². The first kappa shape index (κ1) is 35.0. The molecule has 0 aromatic heterocycles. The largest absolute Gasteiger partial charge is 0.481 e. The van der Waals surface area contributed by atoms with E-state index in [2.05, 4.69) is 31.9 Å². The van der Waals surface area contributed by atoms with Gasteiger partial charge >= 0.3 is 5.97 Å². The highest BCUT2D eigenvalue weighted by Crippen LogP contribution is 2.03. The highest BCUT2D eigenvalue weighted by atomic mass is 16.4. The summed E-state index contributed by atoms with van der Waals surface area (Å²) in [5.74, 6) is -6.20. The molecule has 230 valence electrons. The molecule has 7 amide bonds. The average Bonchev–Trinajstić information content (AvgIpc) is 2.95. The minimum Gasteiger partial charge on any atom is -0.481 e. The summed E-state index contributed by atoms with van der Waals surface area (Å²) < 4.78 is 0. The Morgan fingerprint density at radius 2 is 1.24 bits per heavy atom. The van der Waals surface area contributed by atoms with E-state index in [0.717, 1.165) is 0 Å².